The van der Waals surface area contributed by atoms with Crippen LogP contribution in [-0.2, 0) is 0 Å². The van der Waals surface area contributed by atoms with Crippen molar-refractivity contribution < 1.29 is 9.59 Å². The largest absolute Gasteiger partial charge is 0.396 e. The van der Waals surface area contributed by atoms with Crippen LogP contribution in [0.5, 0.6) is 0 Å². The zero-order valence-corrected chi connectivity index (χ0v) is 14.5. The fraction of sp³-hybridized carbons (Fsp3) is 1.00. The van der Waals surface area contributed by atoms with E-state index < -0.39 is 0 Å². The van der Waals surface area contributed by atoms with Crippen LogP contribution in [0.15, 0.2) is 0 Å². The lowest BCUT2D eigenvalue weighted by molar-refractivity contribution is -0.929. The minimum absolute atomic E-state index is 0.356. The van der Waals surface area contributed by atoms with Gasteiger partial charge >= 0.3 is 0 Å². The van der Waals surface area contributed by atoms with Gasteiger partial charge in [0.15, 0.2) is 0 Å². The standard InChI is InChI=1S/C18H40NO/c1-4-7-10-14-19(17-13-18-20,15-11-8-5-2)16-12-9-6-3/h20H,4-18H2,1-3H3/q+1. The molecule has 0 aromatic carbocycles. The normalized spacial score (nSPS) is 12.0. The predicted molar refractivity (Wildman–Crippen MR) is 90.0 cm³/mol. The number of aliphatic hydroxyl groups excluding tert-OH is 1. The fourth-order valence-electron chi connectivity index (χ4n) is 3.17. The van der Waals surface area contributed by atoms with Gasteiger partial charge in [-0.25, -0.2) is 0 Å². The summed E-state index contributed by atoms with van der Waals surface area (Å²) in [4.78, 5) is 0. The van der Waals surface area contributed by atoms with Gasteiger partial charge in [0.1, 0.15) is 0 Å². The Bertz CT molecular complexity index is 167. The maximum absolute atomic E-state index is 9.23. The van der Waals surface area contributed by atoms with Crippen LogP contribution >= 0.6 is 0 Å². The molecule has 0 aliphatic rings. The molecular formula is C18H40NO+. The van der Waals surface area contributed by atoms with Crippen molar-refractivity contribution in [1.29, 1.82) is 0 Å². The second-order valence-electron chi connectivity index (χ2n) is 6.43. The number of rotatable bonds is 15. The molecule has 0 fully saturated rings. The van der Waals surface area contributed by atoms with Crippen LogP contribution in [0.1, 0.15) is 85.0 Å². The highest BCUT2D eigenvalue weighted by Crippen LogP contribution is 2.17. The number of unbranched alkanes of at least 4 members (excludes halogenated alkanes) is 6. The zero-order valence-electron chi connectivity index (χ0n) is 14.5. The Kier molecular flexibility index (Phi) is 13.8. The van der Waals surface area contributed by atoms with Crippen LogP contribution in [-0.4, -0.2) is 42.4 Å². The minimum atomic E-state index is 0.356. The molecule has 0 aliphatic heterocycles. The molecule has 0 atom stereocenters. The molecule has 122 valence electrons. The molecule has 0 rings (SSSR count). The van der Waals surface area contributed by atoms with E-state index >= 15 is 0 Å². The molecule has 0 aromatic heterocycles. The van der Waals surface area contributed by atoms with Gasteiger partial charge < -0.3 is 9.59 Å². The molecule has 0 aromatic rings. The van der Waals surface area contributed by atoms with E-state index in [0.717, 1.165) is 6.42 Å². The molecule has 0 unspecified atom stereocenters. The molecule has 2 heteroatoms. The van der Waals surface area contributed by atoms with E-state index in [1.54, 1.807) is 0 Å². The van der Waals surface area contributed by atoms with Gasteiger partial charge in [0.05, 0.1) is 26.2 Å². The molecule has 2 nitrogen and oxygen atoms in total. The van der Waals surface area contributed by atoms with Gasteiger partial charge in [-0.3, -0.25) is 0 Å². The molecule has 0 saturated heterocycles. The summed E-state index contributed by atoms with van der Waals surface area (Å²) in [5, 5.41) is 9.23. The van der Waals surface area contributed by atoms with E-state index in [1.807, 2.05) is 0 Å². The van der Waals surface area contributed by atoms with Crippen LogP contribution in [0.2, 0.25) is 0 Å². The molecule has 0 amide bonds. The molecule has 0 saturated carbocycles. The van der Waals surface area contributed by atoms with Gasteiger partial charge in [-0.05, 0) is 38.5 Å². The van der Waals surface area contributed by atoms with E-state index in [2.05, 4.69) is 20.8 Å². The molecule has 0 aliphatic carbocycles. The average Bonchev–Trinajstić information content (AvgIpc) is 2.46. The summed E-state index contributed by atoms with van der Waals surface area (Å²) in [6.07, 6.45) is 13.1. The summed E-state index contributed by atoms with van der Waals surface area (Å²) < 4.78 is 1.28. The molecule has 1 N–H and O–H groups in total. The first-order valence-corrected chi connectivity index (χ1v) is 9.20. The Morgan fingerprint density at radius 3 is 1.20 bits per heavy atom. The van der Waals surface area contributed by atoms with Crippen molar-refractivity contribution in [2.24, 2.45) is 0 Å². The summed E-state index contributed by atoms with van der Waals surface area (Å²) in [7, 11) is 0. The van der Waals surface area contributed by atoms with E-state index in [1.165, 1.54) is 88.4 Å². The maximum atomic E-state index is 9.23. The van der Waals surface area contributed by atoms with Crippen molar-refractivity contribution in [3.05, 3.63) is 0 Å². The van der Waals surface area contributed by atoms with Gasteiger partial charge in [0.2, 0.25) is 0 Å². The van der Waals surface area contributed by atoms with Crippen molar-refractivity contribution in [3.8, 4) is 0 Å². The third-order valence-electron chi connectivity index (χ3n) is 4.50. The van der Waals surface area contributed by atoms with Crippen molar-refractivity contribution in [2.45, 2.75) is 85.0 Å². The average molecular weight is 287 g/mol. The SMILES string of the molecule is CCCCC[N+](CCCO)(CCCCC)CCCCC. The molecule has 0 radical (unpaired) electrons. The summed E-state index contributed by atoms with van der Waals surface area (Å²) in [5.41, 5.74) is 0. The Hall–Kier alpha value is -0.0800. The number of hydrogen-bond acceptors (Lipinski definition) is 1. The van der Waals surface area contributed by atoms with Gasteiger partial charge in [0, 0.05) is 13.0 Å². The summed E-state index contributed by atoms with van der Waals surface area (Å²) in [6.45, 7) is 12.4. The third-order valence-corrected chi connectivity index (χ3v) is 4.50. The number of aliphatic hydroxyl groups is 1. The monoisotopic (exact) mass is 286 g/mol. The summed E-state index contributed by atoms with van der Waals surface area (Å²) in [5.74, 6) is 0. The topological polar surface area (TPSA) is 20.2 Å². The highest BCUT2D eigenvalue weighted by atomic mass is 16.3. The van der Waals surface area contributed by atoms with E-state index in [9.17, 15) is 5.11 Å². The highest BCUT2D eigenvalue weighted by molar-refractivity contribution is 4.51. The first-order chi connectivity index (χ1) is 9.74. The lowest BCUT2D eigenvalue weighted by Gasteiger charge is -2.39. The predicted octanol–water partition coefficient (Wildman–Crippen LogP) is 4.76. The summed E-state index contributed by atoms with van der Waals surface area (Å²) in [6, 6.07) is 0. The van der Waals surface area contributed by atoms with Crippen molar-refractivity contribution >= 4 is 0 Å². The molecule has 20 heavy (non-hydrogen) atoms. The Morgan fingerprint density at radius 2 is 0.900 bits per heavy atom. The van der Waals surface area contributed by atoms with Crippen molar-refractivity contribution in [3.63, 3.8) is 0 Å². The lowest BCUT2D eigenvalue weighted by atomic mass is 10.1. The number of hydrogen-bond donors (Lipinski definition) is 1. The second-order valence-corrected chi connectivity index (χ2v) is 6.43. The molecule has 0 heterocycles. The molecule has 0 spiro atoms. The van der Waals surface area contributed by atoms with Crippen LogP contribution in [0.3, 0.4) is 0 Å². The van der Waals surface area contributed by atoms with Gasteiger partial charge in [-0.2, -0.15) is 0 Å². The van der Waals surface area contributed by atoms with Crippen LogP contribution in [0, 0.1) is 0 Å². The smallest absolute Gasteiger partial charge is 0.0808 e. The first kappa shape index (κ1) is 19.9. The van der Waals surface area contributed by atoms with Crippen LogP contribution in [0.4, 0.5) is 0 Å². The van der Waals surface area contributed by atoms with Gasteiger partial charge in [0.25, 0.3) is 0 Å². The Balaban J connectivity index is 4.48. The second kappa shape index (κ2) is 13.9. The van der Waals surface area contributed by atoms with E-state index in [4.69, 9.17) is 0 Å². The lowest BCUT2D eigenvalue weighted by Crippen LogP contribution is -2.51. The Morgan fingerprint density at radius 1 is 0.550 bits per heavy atom. The molecule has 0 bridgehead atoms. The Labute approximate surface area is 128 Å². The van der Waals surface area contributed by atoms with Crippen LogP contribution in [0.25, 0.3) is 0 Å². The number of nitrogens with zero attached hydrogens (tertiary/aromatic N) is 1. The highest BCUT2D eigenvalue weighted by Gasteiger charge is 2.25. The fourth-order valence-corrected chi connectivity index (χ4v) is 3.17. The minimum Gasteiger partial charge on any atom is -0.396 e. The maximum Gasteiger partial charge on any atom is 0.0808 e. The van der Waals surface area contributed by atoms with Gasteiger partial charge in [-0.15, -0.1) is 0 Å². The van der Waals surface area contributed by atoms with E-state index in [0.29, 0.717) is 6.61 Å². The van der Waals surface area contributed by atoms with E-state index in [-0.39, 0.29) is 0 Å². The zero-order chi connectivity index (χ0) is 15.1. The van der Waals surface area contributed by atoms with Crippen LogP contribution < -0.4 is 0 Å². The third kappa shape index (κ3) is 9.77. The van der Waals surface area contributed by atoms with Crippen molar-refractivity contribution in [1.82, 2.24) is 0 Å². The summed E-state index contributed by atoms with van der Waals surface area (Å²) >= 11 is 0. The molecular weight excluding hydrogens is 246 g/mol. The quantitative estimate of drug-likeness (QED) is 0.340. The van der Waals surface area contributed by atoms with Gasteiger partial charge in [-0.1, -0.05) is 40.0 Å². The van der Waals surface area contributed by atoms with Crippen molar-refractivity contribution in [2.75, 3.05) is 32.8 Å². The number of quaternary nitrogens is 1. The first-order valence-electron chi connectivity index (χ1n) is 9.20.